The van der Waals surface area contributed by atoms with E-state index in [1.165, 1.54) is 11.1 Å². The maximum Gasteiger partial charge on any atom is 0.0672 e. The molecule has 1 aliphatic heterocycles. The second-order valence-electron chi connectivity index (χ2n) is 3.92. The summed E-state index contributed by atoms with van der Waals surface area (Å²) in [7, 11) is 1.73. The summed E-state index contributed by atoms with van der Waals surface area (Å²) >= 11 is 0. The summed E-state index contributed by atoms with van der Waals surface area (Å²) in [4.78, 5) is 0. The average molecular weight is 199 g/mol. The standard InChI is InChI=1S/C11H21NO2/c1-9(10(2)7-13-3)6-11-8-14-5-4-12-11/h11-12H,4-8H2,1-3H3. The zero-order valence-corrected chi connectivity index (χ0v) is 9.43. The van der Waals surface area contributed by atoms with Crippen LogP contribution in [0.25, 0.3) is 0 Å². The Morgan fingerprint density at radius 1 is 1.43 bits per heavy atom. The van der Waals surface area contributed by atoms with Crippen LogP contribution in [0.1, 0.15) is 20.3 Å². The van der Waals surface area contributed by atoms with Gasteiger partial charge < -0.3 is 14.8 Å². The number of nitrogens with one attached hydrogen (secondary N) is 1. The van der Waals surface area contributed by atoms with Crippen LogP contribution in [0.4, 0.5) is 0 Å². The molecule has 0 bridgehead atoms. The Bertz CT molecular complexity index is 195. The van der Waals surface area contributed by atoms with E-state index >= 15 is 0 Å². The van der Waals surface area contributed by atoms with Crippen LogP contribution in [-0.2, 0) is 9.47 Å². The van der Waals surface area contributed by atoms with E-state index in [0.29, 0.717) is 6.04 Å². The first kappa shape index (κ1) is 11.7. The molecular weight excluding hydrogens is 178 g/mol. The van der Waals surface area contributed by atoms with Crippen molar-refractivity contribution < 1.29 is 9.47 Å². The highest BCUT2D eigenvalue weighted by atomic mass is 16.5. The minimum absolute atomic E-state index is 0.482. The van der Waals surface area contributed by atoms with Crippen LogP contribution in [0, 0.1) is 0 Å². The Balaban J connectivity index is 2.37. The van der Waals surface area contributed by atoms with E-state index in [2.05, 4.69) is 19.2 Å². The maximum absolute atomic E-state index is 5.41. The lowest BCUT2D eigenvalue weighted by molar-refractivity contribution is 0.0768. The highest BCUT2D eigenvalue weighted by molar-refractivity contribution is 5.11. The van der Waals surface area contributed by atoms with Crippen molar-refractivity contribution in [2.45, 2.75) is 26.3 Å². The summed E-state index contributed by atoms with van der Waals surface area (Å²) in [5.74, 6) is 0. The molecule has 1 unspecified atom stereocenters. The summed E-state index contributed by atoms with van der Waals surface area (Å²) in [6.45, 7) is 7.68. The number of methoxy groups -OCH3 is 1. The Morgan fingerprint density at radius 3 is 2.79 bits per heavy atom. The molecule has 3 nitrogen and oxygen atoms in total. The molecule has 0 aliphatic carbocycles. The molecule has 14 heavy (non-hydrogen) atoms. The predicted molar refractivity (Wildman–Crippen MR) is 57.5 cm³/mol. The van der Waals surface area contributed by atoms with Crippen molar-refractivity contribution >= 4 is 0 Å². The van der Waals surface area contributed by atoms with Gasteiger partial charge >= 0.3 is 0 Å². The number of hydrogen-bond donors (Lipinski definition) is 1. The molecule has 0 saturated carbocycles. The van der Waals surface area contributed by atoms with Gasteiger partial charge in [-0.15, -0.1) is 0 Å². The van der Waals surface area contributed by atoms with Crippen LogP contribution in [0.2, 0.25) is 0 Å². The lowest BCUT2D eigenvalue weighted by Crippen LogP contribution is -2.41. The van der Waals surface area contributed by atoms with Gasteiger partial charge in [0.2, 0.25) is 0 Å². The van der Waals surface area contributed by atoms with E-state index < -0.39 is 0 Å². The molecular formula is C11H21NO2. The fourth-order valence-electron chi connectivity index (χ4n) is 1.63. The largest absolute Gasteiger partial charge is 0.380 e. The highest BCUT2D eigenvalue weighted by Gasteiger charge is 2.13. The second kappa shape index (κ2) is 6.17. The third-order valence-corrected chi connectivity index (χ3v) is 2.64. The van der Waals surface area contributed by atoms with Crippen LogP contribution in [0.5, 0.6) is 0 Å². The molecule has 1 atom stereocenters. The number of rotatable bonds is 4. The van der Waals surface area contributed by atoms with Crippen LogP contribution in [0.3, 0.4) is 0 Å². The van der Waals surface area contributed by atoms with E-state index in [4.69, 9.17) is 9.47 Å². The summed E-state index contributed by atoms with van der Waals surface area (Å²) in [6.07, 6.45) is 1.06. The lowest BCUT2D eigenvalue weighted by Gasteiger charge is -2.24. The van der Waals surface area contributed by atoms with Gasteiger partial charge in [0.05, 0.1) is 19.8 Å². The monoisotopic (exact) mass is 199 g/mol. The fraction of sp³-hybridized carbons (Fsp3) is 0.818. The Morgan fingerprint density at radius 2 is 2.21 bits per heavy atom. The summed E-state index contributed by atoms with van der Waals surface area (Å²) in [5.41, 5.74) is 2.75. The molecule has 0 aromatic heterocycles. The quantitative estimate of drug-likeness (QED) is 0.693. The fourth-order valence-corrected chi connectivity index (χ4v) is 1.63. The van der Waals surface area contributed by atoms with Crippen LogP contribution < -0.4 is 5.32 Å². The molecule has 3 heteroatoms. The van der Waals surface area contributed by atoms with Crippen LogP contribution in [0.15, 0.2) is 11.1 Å². The second-order valence-corrected chi connectivity index (χ2v) is 3.92. The smallest absolute Gasteiger partial charge is 0.0672 e. The van der Waals surface area contributed by atoms with Crippen molar-refractivity contribution in [1.82, 2.24) is 5.32 Å². The van der Waals surface area contributed by atoms with Gasteiger partial charge in [-0.2, -0.15) is 0 Å². The van der Waals surface area contributed by atoms with Crippen molar-refractivity contribution in [3.63, 3.8) is 0 Å². The first-order valence-corrected chi connectivity index (χ1v) is 5.19. The number of hydrogen-bond acceptors (Lipinski definition) is 3. The van der Waals surface area contributed by atoms with Gasteiger partial charge in [0.25, 0.3) is 0 Å². The SMILES string of the molecule is COCC(C)=C(C)CC1COCCN1. The van der Waals surface area contributed by atoms with Gasteiger partial charge in [0, 0.05) is 19.7 Å². The van der Waals surface area contributed by atoms with Gasteiger partial charge in [-0.3, -0.25) is 0 Å². The first-order chi connectivity index (χ1) is 6.74. The summed E-state index contributed by atoms with van der Waals surface area (Å²) in [6, 6.07) is 0.482. The predicted octanol–water partition coefficient (Wildman–Crippen LogP) is 1.35. The Hall–Kier alpha value is -0.380. The van der Waals surface area contributed by atoms with Crippen LogP contribution >= 0.6 is 0 Å². The molecule has 1 saturated heterocycles. The minimum atomic E-state index is 0.482. The molecule has 0 radical (unpaired) electrons. The molecule has 1 rings (SSSR count). The van der Waals surface area contributed by atoms with Gasteiger partial charge in [0.15, 0.2) is 0 Å². The number of ether oxygens (including phenoxy) is 2. The molecule has 1 aliphatic rings. The normalized spacial score (nSPS) is 24.6. The van der Waals surface area contributed by atoms with Crippen molar-refractivity contribution in [2.75, 3.05) is 33.5 Å². The first-order valence-electron chi connectivity index (χ1n) is 5.19. The Kier molecular flexibility index (Phi) is 5.15. The molecule has 0 spiro atoms. The average Bonchev–Trinajstić information content (AvgIpc) is 2.19. The third-order valence-electron chi connectivity index (χ3n) is 2.64. The van der Waals surface area contributed by atoms with E-state index in [0.717, 1.165) is 32.8 Å². The van der Waals surface area contributed by atoms with Crippen molar-refractivity contribution in [1.29, 1.82) is 0 Å². The van der Waals surface area contributed by atoms with Gasteiger partial charge in [-0.25, -0.2) is 0 Å². The Labute approximate surface area is 86.5 Å². The van der Waals surface area contributed by atoms with E-state index in [9.17, 15) is 0 Å². The molecule has 1 fully saturated rings. The number of morpholine rings is 1. The third kappa shape index (κ3) is 3.78. The summed E-state index contributed by atoms with van der Waals surface area (Å²) < 4.78 is 10.5. The highest BCUT2D eigenvalue weighted by Crippen LogP contribution is 2.12. The molecule has 0 amide bonds. The van der Waals surface area contributed by atoms with Crippen molar-refractivity contribution in [3.05, 3.63) is 11.1 Å². The van der Waals surface area contributed by atoms with E-state index in [1.54, 1.807) is 7.11 Å². The molecule has 1 heterocycles. The van der Waals surface area contributed by atoms with Crippen LogP contribution in [-0.4, -0.2) is 39.5 Å². The molecule has 0 aromatic carbocycles. The van der Waals surface area contributed by atoms with Gasteiger partial charge in [0.1, 0.15) is 0 Å². The van der Waals surface area contributed by atoms with Crippen molar-refractivity contribution in [2.24, 2.45) is 0 Å². The maximum atomic E-state index is 5.41. The molecule has 0 aromatic rings. The topological polar surface area (TPSA) is 30.5 Å². The summed E-state index contributed by atoms with van der Waals surface area (Å²) in [5, 5.41) is 3.45. The lowest BCUT2D eigenvalue weighted by atomic mass is 10.0. The van der Waals surface area contributed by atoms with Crippen molar-refractivity contribution in [3.8, 4) is 0 Å². The van der Waals surface area contributed by atoms with Gasteiger partial charge in [-0.05, 0) is 25.8 Å². The van der Waals surface area contributed by atoms with Gasteiger partial charge in [-0.1, -0.05) is 5.57 Å². The molecule has 1 N–H and O–H groups in total. The zero-order chi connectivity index (χ0) is 10.4. The van der Waals surface area contributed by atoms with E-state index in [-0.39, 0.29) is 0 Å². The molecule has 82 valence electrons. The van der Waals surface area contributed by atoms with E-state index in [1.807, 2.05) is 0 Å². The zero-order valence-electron chi connectivity index (χ0n) is 9.43. The minimum Gasteiger partial charge on any atom is -0.380 e.